The summed E-state index contributed by atoms with van der Waals surface area (Å²) >= 11 is 1.57. The highest BCUT2D eigenvalue weighted by atomic mass is 32.2. The van der Waals surface area contributed by atoms with Gasteiger partial charge in [-0.1, -0.05) is 96.7 Å². The molecule has 0 spiro atoms. The number of benzene rings is 6. The summed E-state index contributed by atoms with van der Waals surface area (Å²) in [5.41, 5.74) is 7.17. The third-order valence-corrected chi connectivity index (χ3v) is 10.7. The highest BCUT2D eigenvalue weighted by Crippen LogP contribution is 2.47. The molecule has 10 heteroatoms. The Labute approximate surface area is 328 Å². The van der Waals surface area contributed by atoms with E-state index in [0.717, 1.165) is 54.9 Å². The Kier molecular flexibility index (Phi) is 9.00. The van der Waals surface area contributed by atoms with Gasteiger partial charge in [-0.15, -0.1) is 0 Å². The molecule has 0 saturated carbocycles. The molecule has 0 unspecified atom stereocenters. The Bertz CT molecular complexity index is 2450. The number of aliphatic imine (C=N–C) groups is 2. The average molecular weight is 752 g/mol. The third-order valence-electron chi connectivity index (χ3n) is 9.56. The lowest BCUT2D eigenvalue weighted by Crippen LogP contribution is -2.32. The fraction of sp³-hybridized carbons (Fsp3) is 0.0435. The quantitative estimate of drug-likeness (QED) is 0.156. The van der Waals surface area contributed by atoms with Gasteiger partial charge in [0.15, 0.2) is 0 Å². The van der Waals surface area contributed by atoms with Crippen LogP contribution in [0.1, 0.15) is 22.3 Å². The van der Waals surface area contributed by atoms with Crippen LogP contribution in [0.25, 0.3) is 12.2 Å². The molecule has 272 valence electrons. The predicted octanol–water partition coefficient (Wildman–Crippen LogP) is 9.58. The van der Waals surface area contributed by atoms with Crippen LogP contribution in [0.5, 0.6) is 11.5 Å². The first kappa shape index (κ1) is 34.6. The summed E-state index contributed by atoms with van der Waals surface area (Å²) in [5, 5.41) is 3.55. The molecule has 6 aromatic rings. The zero-order chi connectivity index (χ0) is 38.2. The van der Waals surface area contributed by atoms with Crippen LogP contribution in [0.4, 0.5) is 22.7 Å². The maximum absolute atomic E-state index is 14.2. The lowest BCUT2D eigenvalue weighted by atomic mass is 10.1. The van der Waals surface area contributed by atoms with Crippen molar-refractivity contribution in [3.8, 4) is 11.5 Å². The van der Waals surface area contributed by atoms with Crippen LogP contribution < -0.4 is 24.6 Å². The van der Waals surface area contributed by atoms with E-state index in [9.17, 15) is 9.59 Å². The van der Waals surface area contributed by atoms with Gasteiger partial charge in [0.2, 0.25) is 0 Å². The summed E-state index contributed by atoms with van der Waals surface area (Å²) in [6.45, 7) is 0. The van der Waals surface area contributed by atoms with Gasteiger partial charge in [-0.2, -0.15) is 0 Å². The van der Waals surface area contributed by atoms with Crippen molar-refractivity contribution in [1.82, 2.24) is 0 Å². The summed E-state index contributed by atoms with van der Waals surface area (Å²) in [6, 6.07) is 46.3. The van der Waals surface area contributed by atoms with Crippen LogP contribution in [0.3, 0.4) is 0 Å². The smallest absolute Gasteiger partial charge is 0.282 e. The number of ether oxygens (including phenoxy) is 2. The topological polar surface area (TPSA) is 95.8 Å². The summed E-state index contributed by atoms with van der Waals surface area (Å²) in [6.07, 6.45) is 3.59. The number of nitrogens with zero attached hydrogens (tertiary/aromatic N) is 4. The van der Waals surface area contributed by atoms with Crippen LogP contribution in [0, 0.1) is 0 Å². The minimum atomic E-state index is -0.227. The number of amidine groups is 2. The lowest BCUT2D eigenvalue weighted by molar-refractivity contribution is -0.114. The predicted molar refractivity (Wildman–Crippen MR) is 223 cm³/mol. The molecule has 0 bridgehead atoms. The van der Waals surface area contributed by atoms with Crippen molar-refractivity contribution < 1.29 is 19.1 Å². The molecule has 3 aliphatic heterocycles. The highest BCUT2D eigenvalue weighted by Gasteiger charge is 2.35. The fourth-order valence-electron chi connectivity index (χ4n) is 6.73. The molecule has 56 heavy (non-hydrogen) atoms. The number of carbonyl (C=O) groups excluding carboxylic acids is 2. The van der Waals surface area contributed by atoms with E-state index in [-0.39, 0.29) is 11.8 Å². The second kappa shape index (κ2) is 14.6. The van der Waals surface area contributed by atoms with Crippen molar-refractivity contribution >= 4 is 70.1 Å². The molecule has 0 aliphatic carbocycles. The molecule has 3 heterocycles. The zero-order valence-corrected chi connectivity index (χ0v) is 31.2. The molecule has 9 nitrogen and oxygen atoms in total. The Morgan fingerprint density at radius 1 is 0.536 bits per heavy atom. The van der Waals surface area contributed by atoms with E-state index < -0.39 is 0 Å². The molecule has 0 aromatic heterocycles. The second-order valence-electron chi connectivity index (χ2n) is 13.1. The molecular formula is C46H33N5O4S. The number of nitrogens with one attached hydrogen (secondary N) is 1. The highest BCUT2D eigenvalue weighted by molar-refractivity contribution is 7.99. The number of carbonyl (C=O) groups is 2. The van der Waals surface area contributed by atoms with Crippen LogP contribution in [-0.2, 0) is 9.59 Å². The summed E-state index contributed by atoms with van der Waals surface area (Å²) in [7, 11) is 3.24. The summed E-state index contributed by atoms with van der Waals surface area (Å²) < 4.78 is 10.6. The van der Waals surface area contributed by atoms with Gasteiger partial charge in [0.25, 0.3) is 11.8 Å². The first-order valence-corrected chi connectivity index (χ1v) is 18.7. The Morgan fingerprint density at radius 3 is 1.34 bits per heavy atom. The van der Waals surface area contributed by atoms with Crippen molar-refractivity contribution in [1.29, 1.82) is 0 Å². The van der Waals surface area contributed by atoms with Crippen molar-refractivity contribution in [2.45, 2.75) is 9.79 Å². The van der Waals surface area contributed by atoms with Crippen LogP contribution in [-0.4, -0.2) is 37.7 Å². The molecule has 0 radical (unpaired) electrons. The lowest BCUT2D eigenvalue weighted by Gasteiger charge is -2.26. The van der Waals surface area contributed by atoms with E-state index in [2.05, 4.69) is 5.32 Å². The second-order valence-corrected chi connectivity index (χ2v) is 14.2. The van der Waals surface area contributed by atoms with Crippen LogP contribution in [0.2, 0.25) is 0 Å². The van der Waals surface area contributed by atoms with Gasteiger partial charge in [-0.25, -0.2) is 9.98 Å². The largest absolute Gasteiger partial charge is 0.497 e. The normalized spacial score (nSPS) is 16.0. The minimum absolute atomic E-state index is 0.227. The summed E-state index contributed by atoms with van der Waals surface area (Å²) in [5.74, 6) is 2.11. The van der Waals surface area contributed by atoms with Gasteiger partial charge < -0.3 is 14.8 Å². The molecule has 9 rings (SSSR count). The Hall–Kier alpha value is -7.17. The van der Waals surface area contributed by atoms with E-state index in [1.165, 1.54) is 0 Å². The standard InChI is InChI=1S/C46H33N5O4S/c1-54-35-19-13-29(14-20-35)25-39-45(52)50(43(48-39)31-9-5-3-6-10-31)33-17-23-37-41(27-33)56-42-28-34(18-24-38(42)47-37)51-44(32-11-7-4-8-12-32)49-40(46(51)53)26-30-15-21-36(55-2)22-16-30/h3-28,47H,1-2H3. The van der Waals surface area contributed by atoms with E-state index >= 15 is 0 Å². The number of anilines is 4. The van der Waals surface area contributed by atoms with E-state index in [4.69, 9.17) is 19.5 Å². The molecule has 2 amide bonds. The van der Waals surface area contributed by atoms with Gasteiger partial charge in [-0.05, 0) is 83.9 Å². The molecular weight excluding hydrogens is 719 g/mol. The first-order valence-electron chi connectivity index (χ1n) is 17.9. The van der Waals surface area contributed by atoms with Crippen LogP contribution >= 0.6 is 11.8 Å². The van der Waals surface area contributed by atoms with Crippen molar-refractivity contribution in [2.24, 2.45) is 9.98 Å². The molecule has 0 saturated heterocycles. The maximum Gasteiger partial charge on any atom is 0.282 e. The molecule has 0 fully saturated rings. The van der Waals surface area contributed by atoms with Gasteiger partial charge in [0.05, 0.1) is 37.0 Å². The number of amides is 2. The average Bonchev–Trinajstić information content (AvgIpc) is 3.75. The van der Waals surface area contributed by atoms with Crippen molar-refractivity contribution in [2.75, 3.05) is 29.3 Å². The summed E-state index contributed by atoms with van der Waals surface area (Å²) in [4.78, 5) is 43.2. The fourth-order valence-corrected chi connectivity index (χ4v) is 7.78. The number of hydrogen-bond acceptors (Lipinski definition) is 8. The van der Waals surface area contributed by atoms with Gasteiger partial charge in [0.1, 0.15) is 34.6 Å². The molecule has 6 aromatic carbocycles. The number of methoxy groups -OCH3 is 2. The maximum atomic E-state index is 14.2. The van der Waals surface area contributed by atoms with Gasteiger partial charge >= 0.3 is 0 Å². The minimum Gasteiger partial charge on any atom is -0.497 e. The number of fused-ring (bicyclic) bond motifs is 2. The van der Waals surface area contributed by atoms with E-state index in [1.54, 1.807) is 47.9 Å². The monoisotopic (exact) mass is 751 g/mol. The number of hydrogen-bond donors (Lipinski definition) is 1. The zero-order valence-electron chi connectivity index (χ0n) is 30.3. The third kappa shape index (κ3) is 6.52. The van der Waals surface area contributed by atoms with Gasteiger partial charge in [-0.3, -0.25) is 19.4 Å². The SMILES string of the molecule is COc1ccc(C=C2N=C(c3ccccc3)N(c3ccc4c(c3)Sc3cc(N5C(=O)C(=Cc6ccc(OC)cc6)N=C5c5ccccc5)ccc3N4)C2=O)cc1. The van der Waals surface area contributed by atoms with Gasteiger partial charge in [0, 0.05) is 20.9 Å². The van der Waals surface area contributed by atoms with Crippen LogP contribution in [0.15, 0.2) is 177 Å². The molecule has 0 atom stereocenters. The van der Waals surface area contributed by atoms with E-state index in [0.29, 0.717) is 34.4 Å². The van der Waals surface area contributed by atoms with Crippen molar-refractivity contribution in [3.05, 3.63) is 179 Å². The molecule has 1 N–H and O–H groups in total. The van der Waals surface area contributed by atoms with E-state index in [1.807, 2.05) is 146 Å². The first-order chi connectivity index (χ1) is 27.4. The van der Waals surface area contributed by atoms with Crippen molar-refractivity contribution in [3.63, 3.8) is 0 Å². The Balaban J connectivity index is 1.04. The molecule has 3 aliphatic rings. The Morgan fingerprint density at radius 2 is 0.946 bits per heavy atom. The number of rotatable bonds is 8.